The van der Waals surface area contributed by atoms with Gasteiger partial charge in [-0.3, -0.25) is 4.79 Å². The number of carbonyl (C=O) groups is 1. The van der Waals surface area contributed by atoms with E-state index < -0.39 is 39.8 Å². The number of benzene rings is 2. The number of aliphatic hydroxyl groups excluding tert-OH is 1. The van der Waals surface area contributed by atoms with E-state index in [1.54, 1.807) is 18.2 Å². The van der Waals surface area contributed by atoms with Gasteiger partial charge in [-0.1, -0.05) is 18.2 Å². The predicted molar refractivity (Wildman–Crippen MR) is 109 cm³/mol. The fourth-order valence-electron chi connectivity index (χ4n) is 3.35. The first-order chi connectivity index (χ1) is 15.1. The van der Waals surface area contributed by atoms with Crippen molar-refractivity contribution in [2.45, 2.75) is 36.1 Å². The molecule has 7 nitrogen and oxygen atoms in total. The summed E-state index contributed by atoms with van der Waals surface area (Å²) in [6, 6.07) is 10.9. The van der Waals surface area contributed by atoms with E-state index in [9.17, 15) is 31.5 Å². The summed E-state index contributed by atoms with van der Waals surface area (Å²) < 4.78 is 69.8. The van der Waals surface area contributed by atoms with Gasteiger partial charge in [0, 0.05) is 13.1 Å². The van der Waals surface area contributed by atoms with Crippen molar-refractivity contribution in [1.29, 1.82) is 0 Å². The van der Waals surface area contributed by atoms with Crippen LogP contribution in [0.5, 0.6) is 5.75 Å². The fourth-order valence-corrected chi connectivity index (χ4v) is 5.02. The predicted octanol–water partition coefficient (Wildman–Crippen LogP) is 2.41. The minimum absolute atomic E-state index is 0.102. The molecule has 1 aliphatic heterocycles. The zero-order chi connectivity index (χ0) is 23.4. The summed E-state index contributed by atoms with van der Waals surface area (Å²) >= 11 is 0. The van der Waals surface area contributed by atoms with Crippen LogP contribution >= 0.6 is 0 Å². The van der Waals surface area contributed by atoms with Crippen molar-refractivity contribution in [3.05, 3.63) is 60.2 Å². The van der Waals surface area contributed by atoms with E-state index in [-0.39, 0.29) is 30.3 Å². The number of alkyl halides is 3. The summed E-state index contributed by atoms with van der Waals surface area (Å²) in [5, 5.41) is 12.6. The molecular weight excluding hydrogens is 449 g/mol. The largest absolute Gasteiger partial charge is 0.491 e. The van der Waals surface area contributed by atoms with E-state index in [1.165, 1.54) is 12.1 Å². The average molecular weight is 472 g/mol. The summed E-state index contributed by atoms with van der Waals surface area (Å²) in [6.07, 6.45) is -4.70. The monoisotopic (exact) mass is 472 g/mol. The van der Waals surface area contributed by atoms with Gasteiger partial charge in [-0.25, -0.2) is 8.42 Å². The maximum absolute atomic E-state index is 12.8. The van der Waals surface area contributed by atoms with Crippen molar-refractivity contribution in [3.63, 3.8) is 0 Å². The maximum atomic E-state index is 12.8. The number of halogens is 3. The Labute approximate surface area is 183 Å². The van der Waals surface area contributed by atoms with Crippen molar-refractivity contribution >= 4 is 15.9 Å². The number of sulfonamides is 1. The van der Waals surface area contributed by atoms with Crippen LogP contribution in [-0.2, 0) is 21.0 Å². The fraction of sp³-hybridized carbons (Fsp3) is 0.381. The number of hydrogen-bond donors (Lipinski definition) is 2. The van der Waals surface area contributed by atoms with E-state index in [0.717, 1.165) is 28.6 Å². The van der Waals surface area contributed by atoms with Crippen molar-refractivity contribution in [2.24, 2.45) is 0 Å². The second-order valence-electron chi connectivity index (χ2n) is 7.32. The summed E-state index contributed by atoms with van der Waals surface area (Å²) in [5.41, 5.74) is -0.816. The zero-order valence-corrected chi connectivity index (χ0v) is 17.8. The van der Waals surface area contributed by atoms with Gasteiger partial charge in [0.15, 0.2) is 0 Å². The number of hydrogen-bond acceptors (Lipinski definition) is 5. The molecule has 1 aliphatic rings. The molecule has 2 atom stereocenters. The van der Waals surface area contributed by atoms with Crippen LogP contribution in [0.15, 0.2) is 59.5 Å². The Balaban J connectivity index is 1.51. The SMILES string of the molecule is O=C(NCC(O)COc1ccc(C(F)(F)F)cc1)C1CCCN1S(=O)(=O)c1ccccc1. The first-order valence-corrected chi connectivity index (χ1v) is 11.4. The Bertz CT molecular complexity index is 1010. The average Bonchev–Trinajstić information content (AvgIpc) is 3.27. The van der Waals surface area contributed by atoms with Gasteiger partial charge in [0.1, 0.15) is 24.5 Å². The molecule has 1 saturated heterocycles. The molecular formula is C21H23F3N2O5S. The van der Waals surface area contributed by atoms with Crippen molar-refractivity contribution in [3.8, 4) is 5.75 Å². The van der Waals surface area contributed by atoms with Gasteiger partial charge in [0.2, 0.25) is 15.9 Å². The number of nitrogens with one attached hydrogen (secondary N) is 1. The Morgan fingerprint density at radius 2 is 1.81 bits per heavy atom. The molecule has 0 saturated carbocycles. The third-order valence-corrected chi connectivity index (χ3v) is 6.91. The van der Waals surface area contributed by atoms with Crippen LogP contribution in [0.1, 0.15) is 18.4 Å². The quantitative estimate of drug-likeness (QED) is 0.615. The number of nitrogens with zero attached hydrogens (tertiary/aromatic N) is 1. The molecule has 0 spiro atoms. The minimum atomic E-state index is -4.45. The summed E-state index contributed by atoms with van der Waals surface area (Å²) in [7, 11) is -3.83. The van der Waals surface area contributed by atoms with E-state index in [0.29, 0.717) is 12.8 Å². The highest BCUT2D eigenvalue weighted by Gasteiger charge is 2.39. The first-order valence-electron chi connectivity index (χ1n) is 9.92. The van der Waals surface area contributed by atoms with Gasteiger partial charge < -0.3 is 15.2 Å². The van der Waals surface area contributed by atoms with Gasteiger partial charge >= 0.3 is 6.18 Å². The van der Waals surface area contributed by atoms with Gasteiger partial charge in [-0.15, -0.1) is 0 Å². The molecule has 1 amide bonds. The summed E-state index contributed by atoms with van der Waals surface area (Å²) in [6.45, 7) is -0.244. The molecule has 2 aromatic carbocycles. The maximum Gasteiger partial charge on any atom is 0.416 e. The number of aliphatic hydroxyl groups is 1. The van der Waals surface area contributed by atoms with E-state index >= 15 is 0 Å². The van der Waals surface area contributed by atoms with E-state index in [4.69, 9.17) is 4.74 Å². The molecule has 0 aromatic heterocycles. The smallest absolute Gasteiger partial charge is 0.416 e. The first kappa shape index (κ1) is 24.0. The molecule has 1 fully saturated rings. The van der Waals surface area contributed by atoms with Crippen LogP contribution in [0, 0.1) is 0 Å². The van der Waals surface area contributed by atoms with Crippen LogP contribution in [0.4, 0.5) is 13.2 Å². The topological polar surface area (TPSA) is 95.9 Å². The van der Waals surface area contributed by atoms with Crippen LogP contribution in [0.2, 0.25) is 0 Å². The number of ether oxygens (including phenoxy) is 1. The Morgan fingerprint density at radius 1 is 1.16 bits per heavy atom. The number of rotatable bonds is 8. The molecule has 0 bridgehead atoms. The highest BCUT2D eigenvalue weighted by atomic mass is 32.2. The van der Waals surface area contributed by atoms with Crippen LogP contribution < -0.4 is 10.1 Å². The third-order valence-electron chi connectivity index (χ3n) is 4.99. The molecule has 2 unspecified atom stereocenters. The summed E-state index contributed by atoms with van der Waals surface area (Å²) in [4.78, 5) is 12.7. The molecule has 174 valence electrons. The molecule has 3 rings (SSSR count). The molecule has 2 N–H and O–H groups in total. The second kappa shape index (κ2) is 9.88. The highest BCUT2D eigenvalue weighted by molar-refractivity contribution is 7.89. The normalized spacial score (nSPS) is 18.3. The summed E-state index contributed by atoms with van der Waals surface area (Å²) in [5.74, 6) is -0.394. The second-order valence-corrected chi connectivity index (χ2v) is 9.21. The van der Waals surface area contributed by atoms with Crippen molar-refractivity contribution < 1.29 is 36.2 Å². The van der Waals surface area contributed by atoms with E-state index in [1.807, 2.05) is 0 Å². The van der Waals surface area contributed by atoms with Crippen LogP contribution in [-0.4, -0.2) is 55.6 Å². The minimum Gasteiger partial charge on any atom is -0.491 e. The lowest BCUT2D eigenvalue weighted by Crippen LogP contribution is -2.48. The Morgan fingerprint density at radius 3 is 2.44 bits per heavy atom. The lowest BCUT2D eigenvalue weighted by atomic mass is 10.2. The Kier molecular flexibility index (Phi) is 7.42. The van der Waals surface area contributed by atoms with Crippen LogP contribution in [0.25, 0.3) is 0 Å². The molecule has 2 aromatic rings. The molecule has 1 heterocycles. The van der Waals surface area contributed by atoms with Crippen LogP contribution in [0.3, 0.4) is 0 Å². The van der Waals surface area contributed by atoms with Crippen molar-refractivity contribution in [2.75, 3.05) is 19.7 Å². The van der Waals surface area contributed by atoms with Gasteiger partial charge in [0.05, 0.1) is 10.5 Å². The molecule has 0 radical (unpaired) electrons. The van der Waals surface area contributed by atoms with Gasteiger partial charge in [-0.2, -0.15) is 17.5 Å². The standard InChI is InChI=1S/C21H23F3N2O5S/c22-21(23,24)15-8-10-17(11-9-15)31-14-16(27)13-25-20(28)19-7-4-12-26(19)32(29,30)18-5-2-1-3-6-18/h1-3,5-6,8-11,16,19,27H,4,7,12-14H2,(H,25,28). The highest BCUT2D eigenvalue weighted by Crippen LogP contribution is 2.30. The lowest BCUT2D eigenvalue weighted by molar-refractivity contribution is -0.137. The van der Waals surface area contributed by atoms with E-state index in [2.05, 4.69) is 5.32 Å². The third kappa shape index (κ3) is 5.78. The van der Waals surface area contributed by atoms with Gasteiger partial charge in [-0.05, 0) is 49.2 Å². The Hall–Kier alpha value is -2.63. The number of carbonyl (C=O) groups excluding carboxylic acids is 1. The zero-order valence-electron chi connectivity index (χ0n) is 17.0. The molecule has 32 heavy (non-hydrogen) atoms. The van der Waals surface area contributed by atoms with Crippen molar-refractivity contribution in [1.82, 2.24) is 9.62 Å². The van der Waals surface area contributed by atoms with Gasteiger partial charge in [0.25, 0.3) is 0 Å². The molecule has 11 heteroatoms. The molecule has 0 aliphatic carbocycles. The lowest BCUT2D eigenvalue weighted by Gasteiger charge is -2.24. The number of amides is 1.